The van der Waals surface area contributed by atoms with Gasteiger partial charge < -0.3 is 0 Å². The summed E-state index contributed by atoms with van der Waals surface area (Å²) in [6.07, 6.45) is -3.04. The van der Waals surface area contributed by atoms with E-state index in [-0.39, 0.29) is 22.6 Å². The number of hydrogen-bond donors (Lipinski definition) is 0. The van der Waals surface area contributed by atoms with Crippen LogP contribution in [0.5, 0.6) is 0 Å². The van der Waals surface area contributed by atoms with E-state index in [1.807, 2.05) is 0 Å². The molecule has 0 amide bonds. The molecule has 0 radical (unpaired) electrons. The Kier molecular flexibility index (Phi) is 4.35. The summed E-state index contributed by atoms with van der Waals surface area (Å²) < 4.78 is 58.7. The minimum absolute atomic E-state index is 0.0867. The molecule has 33 heavy (non-hydrogen) atoms. The number of hydrogen-bond acceptors (Lipinski definition) is 3. The van der Waals surface area contributed by atoms with Crippen LogP contribution in [0.3, 0.4) is 0 Å². The maximum atomic E-state index is 13.5. The molecule has 7 nitrogen and oxygen atoms in total. The summed E-state index contributed by atoms with van der Waals surface area (Å²) in [5.41, 5.74) is -0.866. The molecule has 0 spiro atoms. The Hall–Kier alpha value is -4.15. The molecule has 0 saturated carbocycles. The van der Waals surface area contributed by atoms with Gasteiger partial charge in [0.15, 0.2) is 11.2 Å². The number of imidazole rings is 2. The average molecular weight is 457 g/mol. The second kappa shape index (κ2) is 6.92. The predicted octanol–water partition coefficient (Wildman–Crippen LogP) is 3.50. The second-order valence-corrected chi connectivity index (χ2v) is 7.56. The summed E-state index contributed by atoms with van der Waals surface area (Å²) in [4.78, 5) is 29.7. The van der Waals surface area contributed by atoms with Gasteiger partial charge in [-0.05, 0) is 42.5 Å². The maximum Gasteiger partial charge on any atom is 0.416 e. The third-order valence-electron chi connectivity index (χ3n) is 5.54. The van der Waals surface area contributed by atoms with E-state index in [2.05, 4.69) is 4.98 Å². The largest absolute Gasteiger partial charge is 0.416 e. The lowest BCUT2D eigenvalue weighted by molar-refractivity contribution is -0.137. The third-order valence-corrected chi connectivity index (χ3v) is 5.54. The van der Waals surface area contributed by atoms with Crippen LogP contribution in [0.1, 0.15) is 5.56 Å². The van der Waals surface area contributed by atoms with Gasteiger partial charge in [0.2, 0.25) is 5.78 Å². The van der Waals surface area contributed by atoms with Crippen LogP contribution in [0.4, 0.5) is 17.6 Å². The molecule has 3 heterocycles. The van der Waals surface area contributed by atoms with Crippen molar-refractivity contribution < 1.29 is 17.6 Å². The van der Waals surface area contributed by atoms with Crippen molar-refractivity contribution in [3.05, 3.63) is 86.9 Å². The average Bonchev–Trinajstić information content (AvgIpc) is 3.32. The fourth-order valence-corrected chi connectivity index (χ4v) is 3.87. The van der Waals surface area contributed by atoms with Crippen LogP contribution >= 0.6 is 0 Å². The minimum atomic E-state index is -4.57. The van der Waals surface area contributed by atoms with Crippen molar-refractivity contribution in [2.24, 2.45) is 14.1 Å². The summed E-state index contributed by atoms with van der Waals surface area (Å²) >= 11 is 0. The standard InChI is InChI=1S/C22H15F4N5O2/c1-28-18-17(19(32)29(2)21(28)33)30-11-16(12-6-8-14(23)9-7-12)31(20(30)27-18)15-5-3-4-13(10-15)22(24,25)26/h3-11H,1-2H3. The zero-order chi connectivity index (χ0) is 23.7. The Morgan fingerprint density at radius 3 is 2.30 bits per heavy atom. The molecule has 2 aromatic carbocycles. The van der Waals surface area contributed by atoms with Crippen molar-refractivity contribution in [2.45, 2.75) is 6.18 Å². The fraction of sp³-hybridized carbons (Fsp3) is 0.136. The molecular weight excluding hydrogens is 442 g/mol. The van der Waals surface area contributed by atoms with Crippen LogP contribution in [-0.2, 0) is 20.3 Å². The van der Waals surface area contributed by atoms with Crippen molar-refractivity contribution in [3.8, 4) is 16.9 Å². The molecule has 0 saturated heterocycles. The Balaban J connectivity index is 1.94. The van der Waals surface area contributed by atoms with Crippen LogP contribution < -0.4 is 11.2 Å². The number of benzene rings is 2. The van der Waals surface area contributed by atoms with Gasteiger partial charge in [0, 0.05) is 31.5 Å². The number of halogens is 4. The molecule has 0 bridgehead atoms. The molecule has 11 heteroatoms. The van der Waals surface area contributed by atoms with Crippen LogP contribution in [0, 0.1) is 5.82 Å². The lowest BCUT2D eigenvalue weighted by atomic mass is 10.1. The number of fused-ring (bicyclic) bond motifs is 3. The maximum absolute atomic E-state index is 13.5. The van der Waals surface area contributed by atoms with Crippen molar-refractivity contribution in [2.75, 3.05) is 0 Å². The van der Waals surface area contributed by atoms with Gasteiger partial charge in [0.25, 0.3) is 5.56 Å². The van der Waals surface area contributed by atoms with Gasteiger partial charge in [-0.15, -0.1) is 0 Å². The Bertz CT molecular complexity index is 1670. The van der Waals surface area contributed by atoms with Crippen LogP contribution in [0.15, 0.2) is 64.3 Å². The highest BCUT2D eigenvalue weighted by Crippen LogP contribution is 2.33. The van der Waals surface area contributed by atoms with E-state index < -0.39 is 28.8 Å². The summed E-state index contributed by atoms with van der Waals surface area (Å²) in [5, 5.41) is 0. The Morgan fingerprint density at radius 1 is 0.939 bits per heavy atom. The van der Waals surface area contributed by atoms with E-state index in [4.69, 9.17) is 0 Å². The minimum Gasteiger partial charge on any atom is -0.279 e. The molecule has 5 rings (SSSR count). The molecular formula is C22H15F4N5O2. The highest BCUT2D eigenvalue weighted by atomic mass is 19.4. The first-order valence-electron chi connectivity index (χ1n) is 9.71. The highest BCUT2D eigenvalue weighted by Gasteiger charge is 2.31. The number of aryl methyl sites for hydroxylation is 1. The van der Waals surface area contributed by atoms with E-state index in [1.54, 1.807) is 0 Å². The summed E-state index contributed by atoms with van der Waals surface area (Å²) in [6.45, 7) is 0. The smallest absolute Gasteiger partial charge is 0.279 e. The van der Waals surface area contributed by atoms with Gasteiger partial charge in [-0.25, -0.2) is 9.18 Å². The van der Waals surface area contributed by atoms with Crippen LogP contribution in [0.25, 0.3) is 33.9 Å². The van der Waals surface area contributed by atoms with Crippen molar-refractivity contribution in [1.29, 1.82) is 0 Å². The van der Waals surface area contributed by atoms with Crippen LogP contribution in [0.2, 0.25) is 0 Å². The van der Waals surface area contributed by atoms with Gasteiger partial charge in [-0.2, -0.15) is 18.2 Å². The molecule has 0 aliphatic heterocycles. The molecule has 5 aromatic rings. The molecule has 3 aromatic heterocycles. The Morgan fingerprint density at radius 2 is 1.64 bits per heavy atom. The van der Waals surface area contributed by atoms with Crippen molar-refractivity contribution in [1.82, 2.24) is 23.1 Å². The summed E-state index contributed by atoms with van der Waals surface area (Å²) in [7, 11) is 2.78. The van der Waals surface area contributed by atoms with E-state index in [1.165, 1.54) is 70.2 Å². The van der Waals surface area contributed by atoms with Gasteiger partial charge in [0.1, 0.15) is 5.82 Å². The molecule has 0 atom stereocenters. The predicted molar refractivity (Wildman–Crippen MR) is 113 cm³/mol. The first kappa shape index (κ1) is 20.7. The topological polar surface area (TPSA) is 66.2 Å². The summed E-state index contributed by atoms with van der Waals surface area (Å²) in [5.74, 6) is -0.350. The van der Waals surface area contributed by atoms with E-state index in [0.717, 1.165) is 16.7 Å². The molecule has 0 N–H and O–H groups in total. The van der Waals surface area contributed by atoms with Gasteiger partial charge in [-0.3, -0.25) is 22.9 Å². The van der Waals surface area contributed by atoms with Crippen LogP contribution in [-0.4, -0.2) is 23.1 Å². The molecule has 168 valence electrons. The fourth-order valence-electron chi connectivity index (χ4n) is 3.87. The number of rotatable bonds is 2. The molecule has 0 fully saturated rings. The monoisotopic (exact) mass is 457 g/mol. The normalized spacial score (nSPS) is 12.2. The number of alkyl halides is 3. The molecule has 0 aliphatic rings. The van der Waals surface area contributed by atoms with Crippen molar-refractivity contribution in [3.63, 3.8) is 0 Å². The molecule has 0 aliphatic carbocycles. The van der Waals surface area contributed by atoms with Gasteiger partial charge in [0.05, 0.1) is 11.3 Å². The lowest BCUT2D eigenvalue weighted by Crippen LogP contribution is -2.37. The Labute approximate surface area is 182 Å². The highest BCUT2D eigenvalue weighted by molar-refractivity contribution is 5.79. The van der Waals surface area contributed by atoms with Gasteiger partial charge >= 0.3 is 11.9 Å². The zero-order valence-corrected chi connectivity index (χ0v) is 17.3. The molecule has 0 unspecified atom stereocenters. The quantitative estimate of drug-likeness (QED) is 0.381. The lowest BCUT2D eigenvalue weighted by Gasteiger charge is -2.12. The second-order valence-electron chi connectivity index (χ2n) is 7.56. The first-order valence-corrected chi connectivity index (χ1v) is 9.71. The number of aromatic nitrogens is 5. The third kappa shape index (κ3) is 3.07. The van der Waals surface area contributed by atoms with Crippen molar-refractivity contribution >= 4 is 16.9 Å². The van der Waals surface area contributed by atoms with E-state index in [9.17, 15) is 27.2 Å². The van der Waals surface area contributed by atoms with Gasteiger partial charge in [-0.1, -0.05) is 6.07 Å². The van der Waals surface area contributed by atoms with E-state index >= 15 is 0 Å². The SMILES string of the molecule is Cn1c(=O)c2c(nc3n(-c4cccc(C(F)(F)F)c4)c(-c4ccc(F)cc4)cn23)n(C)c1=O. The first-order chi connectivity index (χ1) is 15.6. The number of nitrogens with zero attached hydrogens (tertiary/aromatic N) is 5. The summed E-state index contributed by atoms with van der Waals surface area (Å²) in [6, 6.07) is 10.0. The van der Waals surface area contributed by atoms with E-state index in [0.29, 0.717) is 11.3 Å². The zero-order valence-electron chi connectivity index (χ0n) is 17.3.